The normalized spacial score (nSPS) is 11.1. The Balaban J connectivity index is 1.81. The van der Waals surface area contributed by atoms with Crippen LogP contribution in [0.4, 0.5) is 0 Å². The highest BCUT2D eigenvalue weighted by molar-refractivity contribution is 7.15. The summed E-state index contributed by atoms with van der Waals surface area (Å²) >= 11 is 1.56. The van der Waals surface area contributed by atoms with Crippen molar-refractivity contribution < 1.29 is 14.0 Å². The second kappa shape index (κ2) is 5.64. The maximum absolute atomic E-state index is 5.44. The molecule has 8 heteroatoms. The lowest BCUT2D eigenvalue weighted by atomic mass is 10.2. The monoisotopic (exact) mass is 342 g/mol. The van der Waals surface area contributed by atoms with Crippen LogP contribution in [0.2, 0.25) is 0 Å². The van der Waals surface area contributed by atoms with Crippen molar-refractivity contribution in [1.29, 1.82) is 0 Å². The van der Waals surface area contributed by atoms with Crippen molar-refractivity contribution in [2.24, 2.45) is 0 Å². The molecule has 3 heterocycles. The zero-order valence-electron chi connectivity index (χ0n) is 13.3. The Morgan fingerprint density at radius 1 is 1.08 bits per heavy atom. The second-order valence-electron chi connectivity index (χ2n) is 5.13. The first kappa shape index (κ1) is 14.7. The van der Waals surface area contributed by atoms with E-state index in [0.717, 1.165) is 21.9 Å². The fourth-order valence-electron chi connectivity index (χ4n) is 2.53. The molecule has 0 amide bonds. The highest BCUT2D eigenvalue weighted by Crippen LogP contribution is 2.31. The molecule has 7 nitrogen and oxygen atoms in total. The van der Waals surface area contributed by atoms with Gasteiger partial charge in [0.1, 0.15) is 17.2 Å². The molecule has 1 aromatic carbocycles. The minimum Gasteiger partial charge on any atom is -0.497 e. The van der Waals surface area contributed by atoms with Gasteiger partial charge < -0.3 is 14.0 Å². The Kier molecular flexibility index (Phi) is 3.46. The first-order chi connectivity index (χ1) is 11.7. The minimum atomic E-state index is 0.395. The van der Waals surface area contributed by atoms with Crippen molar-refractivity contribution in [1.82, 2.24) is 19.5 Å². The Hall–Kier alpha value is -2.87. The summed E-state index contributed by atoms with van der Waals surface area (Å²) in [5.41, 5.74) is 2.42. The first-order valence-electron chi connectivity index (χ1n) is 7.19. The van der Waals surface area contributed by atoms with Gasteiger partial charge in [-0.1, -0.05) is 5.16 Å². The maximum Gasteiger partial charge on any atom is 0.258 e. The Morgan fingerprint density at radius 2 is 1.83 bits per heavy atom. The van der Waals surface area contributed by atoms with Gasteiger partial charge in [-0.2, -0.15) is 4.98 Å². The standard InChI is InChI=1S/C16H14N4O3S/c1-9-13(20-4-5-24-16(20)17-9)14-18-15(23-19-14)10-6-11(21-2)8-12(7-10)22-3/h4-8H,1-3H3. The van der Waals surface area contributed by atoms with Gasteiger partial charge in [0.05, 0.1) is 19.9 Å². The van der Waals surface area contributed by atoms with E-state index in [-0.39, 0.29) is 0 Å². The molecule has 0 saturated carbocycles. The summed E-state index contributed by atoms with van der Waals surface area (Å²) in [4.78, 5) is 9.93. The average Bonchev–Trinajstić information content (AvgIpc) is 3.30. The summed E-state index contributed by atoms with van der Waals surface area (Å²) in [5.74, 6) is 2.21. The van der Waals surface area contributed by atoms with Gasteiger partial charge in [-0.25, -0.2) is 4.98 Å². The van der Waals surface area contributed by atoms with Gasteiger partial charge in [0, 0.05) is 23.2 Å². The van der Waals surface area contributed by atoms with Crippen molar-refractivity contribution in [3.8, 4) is 34.5 Å². The fourth-order valence-corrected chi connectivity index (χ4v) is 3.29. The van der Waals surface area contributed by atoms with Crippen LogP contribution in [0, 0.1) is 6.92 Å². The van der Waals surface area contributed by atoms with Crippen molar-refractivity contribution in [3.63, 3.8) is 0 Å². The molecule has 0 saturated heterocycles. The van der Waals surface area contributed by atoms with Crippen LogP contribution in [-0.4, -0.2) is 33.7 Å². The molecule has 0 spiro atoms. The van der Waals surface area contributed by atoms with Gasteiger partial charge in [0.25, 0.3) is 5.89 Å². The van der Waals surface area contributed by atoms with Crippen LogP contribution >= 0.6 is 11.3 Å². The second-order valence-corrected chi connectivity index (χ2v) is 6.00. The van der Waals surface area contributed by atoms with Crippen LogP contribution in [-0.2, 0) is 0 Å². The molecule has 4 rings (SSSR count). The van der Waals surface area contributed by atoms with Crippen LogP contribution < -0.4 is 9.47 Å². The lowest BCUT2D eigenvalue weighted by Gasteiger charge is -2.05. The quantitative estimate of drug-likeness (QED) is 0.565. The molecule has 24 heavy (non-hydrogen) atoms. The fraction of sp³-hybridized carbons (Fsp3) is 0.188. The molecule has 0 aliphatic heterocycles. The van der Waals surface area contributed by atoms with Gasteiger partial charge in [0.15, 0.2) is 4.96 Å². The summed E-state index contributed by atoms with van der Waals surface area (Å²) < 4.78 is 18.0. The number of ether oxygens (including phenoxy) is 2. The van der Waals surface area contributed by atoms with E-state index < -0.39 is 0 Å². The Bertz CT molecular complexity index is 995. The minimum absolute atomic E-state index is 0.395. The summed E-state index contributed by atoms with van der Waals surface area (Å²) in [7, 11) is 3.20. The SMILES string of the molecule is COc1cc(OC)cc(-c2nc(-c3c(C)nc4sccn34)no2)c1. The van der Waals surface area contributed by atoms with Crippen LogP contribution in [0.25, 0.3) is 27.9 Å². The van der Waals surface area contributed by atoms with Crippen LogP contribution in [0.5, 0.6) is 11.5 Å². The van der Waals surface area contributed by atoms with Crippen LogP contribution in [0.3, 0.4) is 0 Å². The number of hydrogen-bond acceptors (Lipinski definition) is 7. The highest BCUT2D eigenvalue weighted by atomic mass is 32.1. The maximum atomic E-state index is 5.44. The molecule has 0 atom stereocenters. The lowest BCUT2D eigenvalue weighted by molar-refractivity contribution is 0.393. The smallest absolute Gasteiger partial charge is 0.258 e. The third kappa shape index (κ3) is 2.31. The Morgan fingerprint density at radius 3 is 2.54 bits per heavy atom. The number of nitrogens with zero attached hydrogens (tertiary/aromatic N) is 4. The molecule has 0 aliphatic rings. The topological polar surface area (TPSA) is 74.7 Å². The van der Waals surface area contributed by atoms with E-state index in [1.165, 1.54) is 0 Å². The number of methoxy groups -OCH3 is 2. The number of rotatable bonds is 4. The van der Waals surface area contributed by atoms with Crippen LogP contribution in [0.15, 0.2) is 34.3 Å². The van der Waals surface area contributed by atoms with E-state index >= 15 is 0 Å². The highest BCUT2D eigenvalue weighted by Gasteiger charge is 2.19. The zero-order chi connectivity index (χ0) is 16.7. The van der Waals surface area contributed by atoms with E-state index in [1.54, 1.807) is 31.6 Å². The summed E-state index contributed by atoms with van der Waals surface area (Å²) in [6.45, 7) is 1.93. The predicted molar refractivity (Wildman–Crippen MR) is 89.6 cm³/mol. The third-order valence-corrected chi connectivity index (χ3v) is 4.43. The number of benzene rings is 1. The number of hydrogen-bond donors (Lipinski definition) is 0. The van der Waals surface area contributed by atoms with Crippen molar-refractivity contribution >= 4 is 16.3 Å². The summed E-state index contributed by atoms with van der Waals surface area (Å²) in [6.07, 6.45) is 1.94. The molecule has 0 N–H and O–H groups in total. The van der Waals surface area contributed by atoms with E-state index in [2.05, 4.69) is 15.1 Å². The van der Waals surface area contributed by atoms with Gasteiger partial charge >= 0.3 is 0 Å². The predicted octanol–water partition coefficient (Wildman–Crippen LogP) is 3.44. The number of aryl methyl sites for hydroxylation is 1. The number of imidazole rings is 1. The molecule has 122 valence electrons. The molecular weight excluding hydrogens is 328 g/mol. The van der Waals surface area contributed by atoms with E-state index in [9.17, 15) is 0 Å². The van der Waals surface area contributed by atoms with Gasteiger partial charge in [0.2, 0.25) is 5.82 Å². The van der Waals surface area contributed by atoms with E-state index in [4.69, 9.17) is 14.0 Å². The lowest BCUT2D eigenvalue weighted by Crippen LogP contribution is -1.90. The van der Waals surface area contributed by atoms with Gasteiger partial charge in [-0.05, 0) is 19.1 Å². The molecule has 0 unspecified atom stereocenters. The number of aromatic nitrogens is 4. The van der Waals surface area contributed by atoms with Crippen molar-refractivity contribution in [2.45, 2.75) is 6.92 Å². The molecule has 0 aliphatic carbocycles. The van der Waals surface area contributed by atoms with E-state index in [1.807, 2.05) is 35.0 Å². The van der Waals surface area contributed by atoms with E-state index in [0.29, 0.717) is 23.2 Å². The molecular formula is C16H14N4O3S. The largest absolute Gasteiger partial charge is 0.497 e. The number of fused-ring (bicyclic) bond motifs is 1. The molecule has 0 bridgehead atoms. The third-order valence-electron chi connectivity index (χ3n) is 3.67. The zero-order valence-corrected chi connectivity index (χ0v) is 14.1. The number of thiazole rings is 1. The summed E-state index contributed by atoms with van der Waals surface area (Å²) in [5, 5.41) is 6.08. The van der Waals surface area contributed by atoms with Crippen LogP contribution in [0.1, 0.15) is 5.69 Å². The molecule has 0 radical (unpaired) electrons. The van der Waals surface area contributed by atoms with Crippen molar-refractivity contribution in [3.05, 3.63) is 35.5 Å². The summed E-state index contributed by atoms with van der Waals surface area (Å²) in [6, 6.07) is 5.43. The van der Waals surface area contributed by atoms with Crippen molar-refractivity contribution in [2.75, 3.05) is 14.2 Å². The van der Waals surface area contributed by atoms with Gasteiger partial charge in [-0.3, -0.25) is 4.40 Å². The average molecular weight is 342 g/mol. The molecule has 4 aromatic rings. The molecule has 3 aromatic heterocycles. The first-order valence-corrected chi connectivity index (χ1v) is 8.07. The van der Waals surface area contributed by atoms with Gasteiger partial charge in [-0.15, -0.1) is 11.3 Å². The Labute approximate surface area is 141 Å². The molecule has 0 fully saturated rings.